The summed E-state index contributed by atoms with van der Waals surface area (Å²) in [6, 6.07) is 28.3. The lowest BCUT2D eigenvalue weighted by Gasteiger charge is -2.28. The number of benzene rings is 4. The molecule has 0 unspecified atom stereocenters. The molecule has 226 valence electrons. The first-order chi connectivity index (χ1) is 20.2. The van der Waals surface area contributed by atoms with Crippen LogP contribution in [-0.4, -0.2) is 30.3 Å². The van der Waals surface area contributed by atoms with Gasteiger partial charge in [0.2, 0.25) is 0 Å². The lowest BCUT2D eigenvalue weighted by Crippen LogP contribution is -2.34. The summed E-state index contributed by atoms with van der Waals surface area (Å²) in [5.41, 5.74) is 10.6. The summed E-state index contributed by atoms with van der Waals surface area (Å²) in [5, 5.41) is 5.71. The lowest BCUT2D eigenvalue weighted by atomic mass is 10.2. The first-order valence-corrected chi connectivity index (χ1v) is 18.5. The second-order valence-electron chi connectivity index (χ2n) is 13.3. The largest absolute Gasteiger partial charge is 0.344 e. The van der Waals surface area contributed by atoms with Gasteiger partial charge in [-0.2, -0.15) is 0 Å². The van der Waals surface area contributed by atoms with E-state index in [9.17, 15) is 0 Å². The molecular formula is C39H48O2P2. The van der Waals surface area contributed by atoms with Crippen LogP contribution in [0.5, 0.6) is 0 Å². The van der Waals surface area contributed by atoms with Crippen LogP contribution in [0.4, 0.5) is 0 Å². The molecule has 0 aliphatic carbocycles. The second kappa shape index (κ2) is 12.9. The van der Waals surface area contributed by atoms with Gasteiger partial charge < -0.3 is 9.47 Å². The Hall–Kier alpha value is -2.34. The van der Waals surface area contributed by atoms with E-state index in [2.05, 4.69) is 142 Å². The Balaban J connectivity index is 1.56. The van der Waals surface area contributed by atoms with E-state index in [0.717, 1.165) is 12.3 Å². The van der Waals surface area contributed by atoms with E-state index >= 15 is 0 Å². The molecule has 0 bridgehead atoms. The Morgan fingerprint density at radius 1 is 0.419 bits per heavy atom. The summed E-state index contributed by atoms with van der Waals surface area (Å²) in [4.78, 5) is 0. The lowest BCUT2D eigenvalue weighted by molar-refractivity contribution is -0.142. The highest BCUT2D eigenvalue weighted by atomic mass is 31.1. The minimum atomic E-state index is -0.647. The Morgan fingerprint density at radius 2 is 0.628 bits per heavy atom. The summed E-state index contributed by atoms with van der Waals surface area (Å²) < 4.78 is 13.7. The molecule has 1 fully saturated rings. The van der Waals surface area contributed by atoms with Gasteiger partial charge in [0.05, 0.1) is 12.2 Å². The normalized spacial score (nSPS) is 18.1. The van der Waals surface area contributed by atoms with Crippen LogP contribution in [0, 0.1) is 55.4 Å². The standard InChI is InChI=1S/C39H48O2P2/c1-25-11-26(2)16-33(15-25)42(34-17-27(3)12-28(4)18-34)23-37-38(41-39(9,10)40-37)24-43(35-19-29(5)13-30(6)20-35)36-21-31(7)14-32(8)22-36/h11-22,37-38H,23-24H2,1-10H3/t37-,38-/m1/s1. The van der Waals surface area contributed by atoms with Crippen LogP contribution < -0.4 is 21.2 Å². The highest BCUT2D eigenvalue weighted by Gasteiger charge is 2.43. The molecule has 0 aromatic heterocycles. The van der Waals surface area contributed by atoms with Crippen molar-refractivity contribution >= 4 is 37.1 Å². The molecule has 0 spiro atoms. The first kappa shape index (κ1) is 32.1. The van der Waals surface area contributed by atoms with Crippen molar-refractivity contribution in [3.63, 3.8) is 0 Å². The Morgan fingerprint density at radius 3 is 0.837 bits per heavy atom. The van der Waals surface area contributed by atoms with Crippen molar-refractivity contribution in [1.82, 2.24) is 0 Å². The molecule has 5 rings (SSSR count). The van der Waals surface area contributed by atoms with Gasteiger partial charge in [-0.05, 0) is 106 Å². The smallest absolute Gasteiger partial charge is 0.163 e. The van der Waals surface area contributed by atoms with Crippen LogP contribution in [0.15, 0.2) is 72.8 Å². The zero-order chi connectivity index (χ0) is 31.1. The molecule has 4 aromatic rings. The molecule has 2 nitrogen and oxygen atoms in total. The van der Waals surface area contributed by atoms with Crippen LogP contribution in [0.3, 0.4) is 0 Å². The number of ether oxygens (including phenoxy) is 2. The fourth-order valence-electron chi connectivity index (χ4n) is 6.72. The van der Waals surface area contributed by atoms with Crippen molar-refractivity contribution in [2.24, 2.45) is 0 Å². The van der Waals surface area contributed by atoms with Gasteiger partial charge in [-0.25, -0.2) is 0 Å². The number of hydrogen-bond acceptors (Lipinski definition) is 2. The van der Waals surface area contributed by atoms with Gasteiger partial charge in [0.25, 0.3) is 0 Å². The van der Waals surface area contributed by atoms with Crippen molar-refractivity contribution in [3.05, 3.63) is 117 Å². The summed E-state index contributed by atoms with van der Waals surface area (Å²) in [7, 11) is -1.29. The molecule has 0 N–H and O–H groups in total. The summed E-state index contributed by atoms with van der Waals surface area (Å²) in [6.07, 6.45) is 1.89. The van der Waals surface area contributed by atoms with E-state index in [4.69, 9.17) is 9.47 Å². The maximum atomic E-state index is 6.83. The van der Waals surface area contributed by atoms with E-state index < -0.39 is 21.6 Å². The van der Waals surface area contributed by atoms with Crippen molar-refractivity contribution < 1.29 is 9.47 Å². The van der Waals surface area contributed by atoms with E-state index in [-0.39, 0.29) is 12.2 Å². The van der Waals surface area contributed by atoms with Crippen LogP contribution >= 0.6 is 15.8 Å². The van der Waals surface area contributed by atoms with Gasteiger partial charge in [0.1, 0.15) is 0 Å². The molecule has 43 heavy (non-hydrogen) atoms. The van der Waals surface area contributed by atoms with Gasteiger partial charge in [-0.15, -0.1) is 0 Å². The number of rotatable bonds is 8. The highest BCUT2D eigenvalue weighted by Crippen LogP contribution is 2.45. The van der Waals surface area contributed by atoms with E-state index in [1.165, 1.54) is 65.7 Å². The Bertz CT molecular complexity index is 1320. The van der Waals surface area contributed by atoms with Crippen LogP contribution in [0.1, 0.15) is 58.4 Å². The maximum Gasteiger partial charge on any atom is 0.163 e. The molecule has 1 aliphatic heterocycles. The van der Waals surface area contributed by atoms with Crippen LogP contribution in [0.2, 0.25) is 0 Å². The van der Waals surface area contributed by atoms with Gasteiger partial charge >= 0.3 is 0 Å². The van der Waals surface area contributed by atoms with Gasteiger partial charge in [-0.1, -0.05) is 117 Å². The molecule has 0 saturated carbocycles. The maximum absolute atomic E-state index is 6.83. The quantitative estimate of drug-likeness (QED) is 0.187. The third-order valence-corrected chi connectivity index (χ3v) is 13.1. The molecule has 4 aromatic carbocycles. The second-order valence-corrected chi connectivity index (χ2v) is 17.8. The molecular weight excluding hydrogens is 562 g/mol. The van der Waals surface area contributed by atoms with Crippen molar-refractivity contribution in [3.8, 4) is 0 Å². The topological polar surface area (TPSA) is 18.5 Å². The van der Waals surface area contributed by atoms with Crippen molar-refractivity contribution in [2.75, 3.05) is 12.3 Å². The van der Waals surface area contributed by atoms with Crippen molar-refractivity contribution in [1.29, 1.82) is 0 Å². The number of hydrogen-bond donors (Lipinski definition) is 0. The summed E-state index contributed by atoms with van der Waals surface area (Å²) in [6.45, 7) is 21.9. The minimum Gasteiger partial charge on any atom is -0.344 e. The molecule has 0 radical (unpaired) electrons. The van der Waals surface area contributed by atoms with Gasteiger partial charge in [0, 0.05) is 12.3 Å². The third kappa shape index (κ3) is 8.04. The SMILES string of the molecule is Cc1cc(C)cc(P(C[C@H]2OC(C)(C)O[C@@H]2CP(c2cc(C)cc(C)c2)c2cc(C)cc(C)c2)c2cc(C)cc(C)c2)c1. The Kier molecular flexibility index (Phi) is 9.66. The third-order valence-electron chi connectivity index (χ3n) is 8.08. The highest BCUT2D eigenvalue weighted by molar-refractivity contribution is 7.73. The molecule has 2 atom stereocenters. The van der Waals surface area contributed by atoms with E-state index in [0.29, 0.717) is 0 Å². The van der Waals surface area contributed by atoms with Gasteiger partial charge in [0.15, 0.2) is 5.79 Å². The average Bonchev–Trinajstić information content (AvgIpc) is 3.16. The molecule has 1 aliphatic rings. The molecule has 1 saturated heterocycles. The zero-order valence-corrected chi connectivity index (χ0v) is 29.5. The number of aryl methyl sites for hydroxylation is 8. The summed E-state index contributed by atoms with van der Waals surface area (Å²) >= 11 is 0. The average molecular weight is 611 g/mol. The van der Waals surface area contributed by atoms with Crippen LogP contribution in [0.25, 0.3) is 0 Å². The van der Waals surface area contributed by atoms with E-state index in [1.54, 1.807) is 0 Å². The molecule has 4 heteroatoms. The minimum absolute atomic E-state index is 0.00422. The van der Waals surface area contributed by atoms with Gasteiger partial charge in [-0.3, -0.25) is 0 Å². The monoisotopic (exact) mass is 610 g/mol. The fourth-order valence-corrected chi connectivity index (χ4v) is 12.4. The molecule has 1 heterocycles. The van der Waals surface area contributed by atoms with Crippen LogP contribution in [-0.2, 0) is 9.47 Å². The Labute approximate surface area is 262 Å². The predicted molar refractivity (Wildman–Crippen MR) is 190 cm³/mol. The van der Waals surface area contributed by atoms with Crippen molar-refractivity contribution in [2.45, 2.75) is 87.2 Å². The first-order valence-electron chi connectivity index (χ1n) is 15.5. The predicted octanol–water partition coefficient (Wildman–Crippen LogP) is 8.24. The molecule has 0 amide bonds. The zero-order valence-electron chi connectivity index (χ0n) is 27.7. The fraction of sp³-hybridized carbons (Fsp3) is 0.385. The summed E-state index contributed by atoms with van der Waals surface area (Å²) in [5.74, 6) is -0.618. The van der Waals surface area contributed by atoms with E-state index in [1.807, 2.05) is 0 Å².